The van der Waals surface area contributed by atoms with E-state index in [1.54, 1.807) is 24.3 Å². The van der Waals surface area contributed by atoms with E-state index in [1.807, 2.05) is 11.9 Å². The number of primary amides is 1. The number of nitrogens with two attached hydrogens (primary N) is 1. The van der Waals surface area contributed by atoms with Crippen molar-refractivity contribution in [3.8, 4) is 0 Å². The topological polar surface area (TPSA) is 177 Å². The molecule has 1 aliphatic heterocycles. The summed E-state index contributed by atoms with van der Waals surface area (Å²) in [5.41, 5.74) is 8.09. The molecule has 0 spiro atoms. The number of nitrogens with one attached hydrogen (secondary N) is 1. The monoisotopic (exact) mass is 577 g/mol. The third-order valence-corrected chi connectivity index (χ3v) is 6.75. The second-order valence-corrected chi connectivity index (χ2v) is 9.76. The number of rotatable bonds is 9. The predicted octanol–water partition coefficient (Wildman–Crippen LogP) is 0.257. The molecule has 0 fully saturated rings. The molecular formula is C24H30Cl3N3O7. The normalized spacial score (nSPS) is 18.6. The summed E-state index contributed by atoms with van der Waals surface area (Å²) < 4.78 is 0. The Morgan fingerprint density at radius 1 is 1.05 bits per heavy atom. The van der Waals surface area contributed by atoms with E-state index in [-0.39, 0.29) is 29.5 Å². The number of halogens is 3. The van der Waals surface area contributed by atoms with Crippen molar-refractivity contribution in [3.63, 3.8) is 0 Å². The van der Waals surface area contributed by atoms with Crippen LogP contribution in [-0.4, -0.2) is 93.4 Å². The lowest BCUT2D eigenvalue weighted by molar-refractivity contribution is -0.113. The number of aliphatic hydroxyl groups is 5. The molecule has 2 aromatic rings. The molecule has 3 rings (SSSR count). The second kappa shape index (κ2) is 13.2. The summed E-state index contributed by atoms with van der Waals surface area (Å²) in [6.45, 7) is -0.147. The molecule has 2 aromatic carbocycles. The van der Waals surface area contributed by atoms with Crippen molar-refractivity contribution >= 4 is 47.4 Å². The Labute approximate surface area is 230 Å². The van der Waals surface area contributed by atoms with Crippen LogP contribution in [0.5, 0.6) is 0 Å². The van der Waals surface area contributed by atoms with Gasteiger partial charge in [-0.15, -0.1) is 12.4 Å². The van der Waals surface area contributed by atoms with Crippen LogP contribution >= 0.6 is 35.6 Å². The smallest absolute Gasteiger partial charge is 0.251 e. The molecule has 0 saturated carbocycles. The molecular weight excluding hydrogens is 549 g/mol. The summed E-state index contributed by atoms with van der Waals surface area (Å²) in [4.78, 5) is 27.0. The SMILES string of the molecule is CN1Cc2c(Cl)cc(Cl)cc2C(c2cc(C(N)=O)cc(C(=O)NC[C@H](O)[C@@H](O)[C@H](O)[C@H](O)CO)c2)C1.Cl. The van der Waals surface area contributed by atoms with E-state index in [9.17, 15) is 30.0 Å². The van der Waals surface area contributed by atoms with E-state index in [1.165, 1.54) is 6.07 Å². The van der Waals surface area contributed by atoms with Gasteiger partial charge in [-0.3, -0.25) is 9.59 Å². The number of likely N-dealkylation sites (N-methyl/N-ethyl adjacent to an activating group) is 1. The highest BCUT2D eigenvalue weighted by atomic mass is 35.5. The summed E-state index contributed by atoms with van der Waals surface area (Å²) in [5.74, 6) is -1.68. The lowest BCUT2D eigenvalue weighted by Crippen LogP contribution is -2.49. The Kier molecular flexibility index (Phi) is 11.1. The summed E-state index contributed by atoms with van der Waals surface area (Å²) in [7, 11) is 1.92. The van der Waals surface area contributed by atoms with Crippen molar-refractivity contribution in [1.82, 2.24) is 10.2 Å². The number of carbonyl (C=O) groups excluding carboxylic acids is 2. The van der Waals surface area contributed by atoms with E-state index < -0.39 is 49.4 Å². The van der Waals surface area contributed by atoms with E-state index in [0.717, 1.165) is 11.1 Å². The number of hydrogen-bond donors (Lipinski definition) is 7. The first kappa shape index (κ1) is 31.2. The lowest BCUT2D eigenvalue weighted by Gasteiger charge is -2.33. The van der Waals surface area contributed by atoms with Crippen LogP contribution in [0, 0.1) is 0 Å². The molecule has 1 unspecified atom stereocenters. The minimum Gasteiger partial charge on any atom is -0.394 e. The fourth-order valence-electron chi connectivity index (χ4n) is 4.24. The van der Waals surface area contributed by atoms with Crippen LogP contribution < -0.4 is 11.1 Å². The summed E-state index contributed by atoms with van der Waals surface area (Å²) in [6.07, 6.45) is -6.97. The number of nitrogens with zero attached hydrogens (tertiary/aromatic N) is 1. The fraction of sp³-hybridized carbons (Fsp3) is 0.417. The van der Waals surface area contributed by atoms with Crippen molar-refractivity contribution < 1.29 is 35.1 Å². The first-order valence-electron chi connectivity index (χ1n) is 11.1. The molecule has 1 aliphatic rings. The van der Waals surface area contributed by atoms with Gasteiger partial charge in [-0.1, -0.05) is 23.2 Å². The molecule has 0 saturated heterocycles. The zero-order valence-electron chi connectivity index (χ0n) is 19.8. The Bertz CT molecular complexity index is 1140. The lowest BCUT2D eigenvalue weighted by atomic mass is 9.83. The largest absolute Gasteiger partial charge is 0.394 e. The Morgan fingerprint density at radius 2 is 1.68 bits per heavy atom. The van der Waals surface area contributed by atoms with E-state index in [2.05, 4.69) is 5.32 Å². The van der Waals surface area contributed by atoms with Gasteiger partial charge in [-0.05, 0) is 54.1 Å². The number of hydrogen-bond acceptors (Lipinski definition) is 8. The molecule has 13 heteroatoms. The van der Waals surface area contributed by atoms with Gasteiger partial charge in [0.15, 0.2) is 0 Å². The highest BCUT2D eigenvalue weighted by Gasteiger charge is 2.31. The molecule has 204 valence electrons. The van der Waals surface area contributed by atoms with Crippen LogP contribution in [0.25, 0.3) is 0 Å². The molecule has 5 atom stereocenters. The van der Waals surface area contributed by atoms with Crippen molar-refractivity contribution in [3.05, 3.63) is 68.2 Å². The highest BCUT2D eigenvalue weighted by molar-refractivity contribution is 6.35. The maximum atomic E-state index is 12.9. The van der Waals surface area contributed by atoms with Crippen LogP contribution in [-0.2, 0) is 6.54 Å². The molecule has 0 bridgehead atoms. The van der Waals surface area contributed by atoms with Gasteiger partial charge in [-0.2, -0.15) is 0 Å². The van der Waals surface area contributed by atoms with Gasteiger partial charge in [-0.25, -0.2) is 0 Å². The summed E-state index contributed by atoms with van der Waals surface area (Å²) in [5, 5.41) is 51.5. The molecule has 10 nitrogen and oxygen atoms in total. The first-order valence-corrected chi connectivity index (χ1v) is 11.9. The third-order valence-electron chi connectivity index (χ3n) is 6.19. The molecule has 37 heavy (non-hydrogen) atoms. The van der Waals surface area contributed by atoms with Gasteiger partial charge in [0.1, 0.15) is 18.3 Å². The van der Waals surface area contributed by atoms with Gasteiger partial charge in [0.2, 0.25) is 5.91 Å². The number of benzene rings is 2. The van der Waals surface area contributed by atoms with E-state index in [0.29, 0.717) is 28.7 Å². The minimum atomic E-state index is -1.83. The van der Waals surface area contributed by atoms with Gasteiger partial charge in [0, 0.05) is 46.7 Å². The van der Waals surface area contributed by atoms with Gasteiger partial charge in [0.05, 0.1) is 12.7 Å². The first-order chi connectivity index (χ1) is 16.9. The molecule has 1 heterocycles. The molecule has 0 aliphatic carbocycles. The molecule has 2 amide bonds. The Balaban J connectivity index is 0.00000481. The van der Waals surface area contributed by atoms with Gasteiger partial charge in [0.25, 0.3) is 5.91 Å². The zero-order chi connectivity index (χ0) is 26.7. The van der Waals surface area contributed by atoms with E-state index >= 15 is 0 Å². The van der Waals surface area contributed by atoms with Gasteiger partial charge < -0.3 is 41.5 Å². The third kappa shape index (κ3) is 7.32. The average Bonchev–Trinajstić information content (AvgIpc) is 2.85. The minimum absolute atomic E-state index is 0. The maximum Gasteiger partial charge on any atom is 0.251 e. The van der Waals surface area contributed by atoms with Crippen LogP contribution in [0.4, 0.5) is 0 Å². The summed E-state index contributed by atoms with van der Waals surface area (Å²) in [6, 6.07) is 7.98. The van der Waals surface area contributed by atoms with Crippen molar-refractivity contribution in [2.45, 2.75) is 36.9 Å². The molecule has 0 aromatic heterocycles. The van der Waals surface area contributed by atoms with Crippen molar-refractivity contribution in [1.29, 1.82) is 0 Å². The van der Waals surface area contributed by atoms with Gasteiger partial charge >= 0.3 is 0 Å². The average molecular weight is 579 g/mol. The summed E-state index contributed by atoms with van der Waals surface area (Å²) >= 11 is 12.7. The van der Waals surface area contributed by atoms with Crippen LogP contribution in [0.15, 0.2) is 30.3 Å². The maximum absolute atomic E-state index is 12.9. The number of aliphatic hydroxyl groups excluding tert-OH is 5. The van der Waals surface area contributed by atoms with E-state index in [4.69, 9.17) is 34.0 Å². The molecule has 8 N–H and O–H groups in total. The quantitative estimate of drug-likeness (QED) is 0.222. The standard InChI is InChI=1S/C24H29Cl2N3O7.ClH/c1-29-8-16(15-5-14(25)6-18(26)17(15)9-29)11-2-12(23(27)35)4-13(3-11)24(36)28-7-19(31)21(33)22(34)20(32)10-30;/h2-6,16,19-22,30-34H,7-10H2,1H3,(H2,27,35)(H,28,36);1H/t16?,19-,20+,21+,22+;/m0./s1. The number of carbonyl (C=O) groups is 2. The predicted molar refractivity (Wildman–Crippen MR) is 140 cm³/mol. The number of amides is 2. The van der Waals surface area contributed by atoms with Crippen LogP contribution in [0.3, 0.4) is 0 Å². The Hall–Kier alpha value is -1.99. The highest BCUT2D eigenvalue weighted by Crippen LogP contribution is 2.38. The Morgan fingerprint density at radius 3 is 2.30 bits per heavy atom. The second-order valence-electron chi connectivity index (χ2n) is 8.92. The number of fused-ring (bicyclic) bond motifs is 1. The van der Waals surface area contributed by atoms with Crippen molar-refractivity contribution in [2.75, 3.05) is 26.7 Å². The molecule has 0 radical (unpaired) electrons. The van der Waals surface area contributed by atoms with Crippen LogP contribution in [0.1, 0.15) is 43.3 Å². The van der Waals surface area contributed by atoms with Crippen molar-refractivity contribution in [2.24, 2.45) is 5.73 Å². The van der Waals surface area contributed by atoms with Crippen LogP contribution in [0.2, 0.25) is 10.0 Å². The zero-order valence-corrected chi connectivity index (χ0v) is 22.2. The fourth-order valence-corrected chi connectivity index (χ4v) is 4.81.